The minimum Gasteiger partial charge on any atom is -0.505 e. The van der Waals surface area contributed by atoms with Crippen molar-refractivity contribution in [1.29, 1.82) is 0 Å². The molecule has 3 heterocycles. The lowest BCUT2D eigenvalue weighted by molar-refractivity contribution is 0.247. The van der Waals surface area contributed by atoms with Crippen LogP contribution in [-0.4, -0.2) is 39.3 Å². The van der Waals surface area contributed by atoms with E-state index in [2.05, 4.69) is 31.2 Å². The molecule has 10 heteroatoms. The van der Waals surface area contributed by atoms with Crippen LogP contribution in [-0.2, 0) is 13.5 Å². The van der Waals surface area contributed by atoms with Crippen LogP contribution in [0.1, 0.15) is 28.3 Å². The molecule has 6 rings (SSSR count). The van der Waals surface area contributed by atoms with Crippen LogP contribution in [0.2, 0.25) is 0 Å². The number of amides is 2. The van der Waals surface area contributed by atoms with Crippen molar-refractivity contribution in [2.45, 2.75) is 12.3 Å². The molecule has 8 nitrogen and oxygen atoms in total. The largest absolute Gasteiger partial charge is 0.505 e. The number of nitrogens with one attached hydrogen (secondary N) is 2. The number of hydrogen-bond donors (Lipinski definition) is 3. The van der Waals surface area contributed by atoms with E-state index in [9.17, 15) is 14.7 Å². The van der Waals surface area contributed by atoms with Gasteiger partial charge in [-0.1, -0.05) is 64.5 Å². The Hall–Kier alpha value is -4.41. The summed E-state index contributed by atoms with van der Waals surface area (Å²) in [6.07, 6.45) is 0.498. The third-order valence-corrected chi connectivity index (χ3v) is 8.97. The summed E-state index contributed by atoms with van der Waals surface area (Å²) in [6.45, 7) is 0.366. The number of para-hydroxylation sites is 2. The molecule has 0 saturated carbocycles. The molecule has 3 aromatic heterocycles. The summed E-state index contributed by atoms with van der Waals surface area (Å²) >= 11 is 4.90. The summed E-state index contributed by atoms with van der Waals surface area (Å²) in [5, 5.41) is 15.6. The number of aromatic amines is 1. The summed E-state index contributed by atoms with van der Waals surface area (Å²) in [6, 6.07) is 24.9. The number of aryl methyl sites for hydroxylation is 1. The summed E-state index contributed by atoms with van der Waals surface area (Å²) < 4.78 is 2.40. The van der Waals surface area contributed by atoms with Gasteiger partial charge in [-0.2, -0.15) is 0 Å². The molecule has 0 aliphatic heterocycles. The molecule has 0 radical (unpaired) electrons. The van der Waals surface area contributed by atoms with E-state index in [1.165, 1.54) is 11.3 Å². The highest BCUT2D eigenvalue weighted by molar-refractivity contribution is 9.10. The van der Waals surface area contributed by atoms with Gasteiger partial charge >= 0.3 is 6.03 Å². The summed E-state index contributed by atoms with van der Waals surface area (Å²) in [5.74, 6) is -0.751. The maximum absolute atomic E-state index is 13.9. The van der Waals surface area contributed by atoms with Gasteiger partial charge in [0.05, 0.1) is 17.0 Å². The smallest absolute Gasteiger partial charge is 0.321 e. The van der Waals surface area contributed by atoms with Crippen molar-refractivity contribution in [3.63, 3.8) is 0 Å². The van der Waals surface area contributed by atoms with Crippen LogP contribution in [0.15, 0.2) is 93.6 Å². The first-order valence-electron chi connectivity index (χ1n) is 13.4. The lowest BCUT2D eigenvalue weighted by atomic mass is 9.85. The highest BCUT2D eigenvalue weighted by Crippen LogP contribution is 2.41. The zero-order valence-electron chi connectivity index (χ0n) is 23.0. The highest BCUT2D eigenvalue weighted by Gasteiger charge is 2.31. The van der Waals surface area contributed by atoms with Gasteiger partial charge in [0.25, 0.3) is 5.56 Å². The van der Waals surface area contributed by atoms with Crippen molar-refractivity contribution in [1.82, 2.24) is 19.9 Å². The summed E-state index contributed by atoms with van der Waals surface area (Å²) in [4.78, 5) is 37.0. The van der Waals surface area contributed by atoms with E-state index in [-0.39, 0.29) is 22.9 Å². The Morgan fingerprint density at radius 2 is 1.88 bits per heavy atom. The lowest BCUT2D eigenvalue weighted by Gasteiger charge is -2.21. The minimum atomic E-state index is -0.627. The number of aromatic nitrogens is 3. The van der Waals surface area contributed by atoms with E-state index in [4.69, 9.17) is 0 Å². The topological polar surface area (TPSA) is 103 Å². The second kappa shape index (κ2) is 11.5. The zero-order valence-corrected chi connectivity index (χ0v) is 25.4. The van der Waals surface area contributed by atoms with Gasteiger partial charge < -0.3 is 20.0 Å². The number of H-pyrrole nitrogens is 1. The first-order valence-corrected chi connectivity index (χ1v) is 15.1. The Balaban J connectivity index is 1.46. The van der Waals surface area contributed by atoms with E-state index in [1.807, 2.05) is 78.9 Å². The zero-order chi connectivity index (χ0) is 29.4. The normalized spacial score (nSPS) is 12.1. The number of benzene rings is 3. The number of fused-ring (bicyclic) bond motifs is 2. The monoisotopic (exact) mass is 641 g/mol. The highest BCUT2D eigenvalue weighted by atomic mass is 79.9. The Morgan fingerprint density at radius 1 is 1.12 bits per heavy atom. The lowest BCUT2D eigenvalue weighted by Crippen LogP contribution is -2.38. The third-order valence-electron chi connectivity index (χ3n) is 7.57. The SMILES string of the molecule is CN(C(=O)NCCc1c(C(c2cccc(Br)c2)c2c(O)c3ncsc3n(C)c2=O)[nH]c2ccccc12)c1ccccc1. The van der Waals surface area contributed by atoms with Gasteiger partial charge in [0.15, 0.2) is 5.75 Å². The first-order chi connectivity index (χ1) is 20.3. The number of pyridine rings is 1. The number of rotatable bonds is 7. The van der Waals surface area contributed by atoms with Gasteiger partial charge in [0, 0.05) is 47.4 Å². The fourth-order valence-electron chi connectivity index (χ4n) is 5.48. The predicted octanol–water partition coefficient (Wildman–Crippen LogP) is 6.51. The Morgan fingerprint density at radius 3 is 2.67 bits per heavy atom. The van der Waals surface area contributed by atoms with E-state index in [0.717, 1.165) is 37.9 Å². The second-order valence-electron chi connectivity index (χ2n) is 10.1. The number of aromatic hydroxyl groups is 1. The first kappa shape index (κ1) is 27.7. The molecule has 212 valence electrons. The maximum Gasteiger partial charge on any atom is 0.321 e. The Kier molecular flexibility index (Phi) is 7.57. The van der Waals surface area contributed by atoms with Crippen molar-refractivity contribution in [3.8, 4) is 5.75 Å². The van der Waals surface area contributed by atoms with Gasteiger partial charge in [0.2, 0.25) is 0 Å². The summed E-state index contributed by atoms with van der Waals surface area (Å²) in [5.41, 5.74) is 6.23. The van der Waals surface area contributed by atoms with E-state index < -0.39 is 5.92 Å². The molecule has 6 aromatic rings. The van der Waals surface area contributed by atoms with Crippen molar-refractivity contribution in [2.75, 3.05) is 18.5 Å². The molecule has 1 unspecified atom stereocenters. The van der Waals surface area contributed by atoms with Crippen LogP contribution in [0.5, 0.6) is 5.75 Å². The number of carbonyl (C=O) groups excluding carboxylic acids is 1. The van der Waals surface area contributed by atoms with Crippen LogP contribution in [0.25, 0.3) is 21.3 Å². The van der Waals surface area contributed by atoms with Crippen LogP contribution in [0.4, 0.5) is 10.5 Å². The predicted molar refractivity (Wildman–Crippen MR) is 172 cm³/mol. The molecule has 0 aliphatic carbocycles. The Labute approximate surface area is 254 Å². The standard InChI is InChI=1S/C32H28BrN5O3S/c1-37(21-11-4-3-5-12-21)32(41)34-16-15-23-22-13-6-7-14-24(22)36-27(23)25(19-9-8-10-20(33)17-19)26-29(39)28-31(42-18-35-28)38(2)30(26)40/h3-14,17-18,25,36,39H,15-16H2,1-2H3,(H,34,41). The average Bonchev–Trinajstić information content (AvgIpc) is 3.64. The molecule has 42 heavy (non-hydrogen) atoms. The van der Waals surface area contributed by atoms with Crippen molar-refractivity contribution < 1.29 is 9.90 Å². The molecule has 3 aromatic carbocycles. The van der Waals surface area contributed by atoms with E-state index >= 15 is 0 Å². The van der Waals surface area contributed by atoms with Crippen molar-refractivity contribution >= 4 is 60.2 Å². The molecule has 3 N–H and O–H groups in total. The van der Waals surface area contributed by atoms with Crippen LogP contribution >= 0.6 is 27.3 Å². The number of nitrogens with zero attached hydrogens (tertiary/aromatic N) is 3. The molecule has 0 aliphatic rings. The molecular weight excluding hydrogens is 614 g/mol. The summed E-state index contributed by atoms with van der Waals surface area (Å²) in [7, 11) is 3.44. The third kappa shape index (κ3) is 4.97. The van der Waals surface area contributed by atoms with Crippen LogP contribution < -0.4 is 15.8 Å². The number of thiazole rings is 1. The van der Waals surface area contributed by atoms with Crippen LogP contribution in [0.3, 0.4) is 0 Å². The van der Waals surface area contributed by atoms with Gasteiger partial charge in [0.1, 0.15) is 10.3 Å². The van der Waals surface area contributed by atoms with Crippen LogP contribution in [0, 0.1) is 0 Å². The van der Waals surface area contributed by atoms with Gasteiger partial charge in [-0.15, -0.1) is 11.3 Å². The molecule has 0 saturated heterocycles. The van der Waals surface area contributed by atoms with Gasteiger partial charge in [-0.25, -0.2) is 9.78 Å². The fraction of sp³-hybridized carbons (Fsp3) is 0.156. The number of halogens is 1. The molecular formula is C32H28BrN5O3S. The second-order valence-corrected chi connectivity index (χ2v) is 11.8. The molecule has 0 bridgehead atoms. The number of urea groups is 1. The van der Waals surface area contributed by atoms with Crippen molar-refractivity contribution in [3.05, 3.63) is 122 Å². The average molecular weight is 643 g/mol. The number of hydrogen-bond acceptors (Lipinski definition) is 5. The molecule has 0 spiro atoms. The molecule has 1 atom stereocenters. The Bertz CT molecular complexity index is 1980. The van der Waals surface area contributed by atoms with Crippen molar-refractivity contribution in [2.24, 2.45) is 7.05 Å². The molecule has 0 fully saturated rings. The number of carbonyl (C=O) groups is 1. The minimum absolute atomic E-state index is 0.123. The van der Waals surface area contributed by atoms with Gasteiger partial charge in [-0.3, -0.25) is 9.69 Å². The number of anilines is 1. The van der Waals surface area contributed by atoms with E-state index in [1.54, 1.807) is 29.1 Å². The quantitative estimate of drug-likeness (QED) is 0.185. The molecule has 2 amide bonds. The maximum atomic E-state index is 13.9. The fourth-order valence-corrected chi connectivity index (χ4v) is 6.66. The van der Waals surface area contributed by atoms with Gasteiger partial charge in [-0.05, 0) is 47.9 Å². The van der Waals surface area contributed by atoms with E-state index in [0.29, 0.717) is 23.3 Å².